The van der Waals surface area contributed by atoms with E-state index >= 15 is 0 Å². The van der Waals surface area contributed by atoms with Crippen molar-refractivity contribution in [1.82, 2.24) is 0 Å². The number of benzene rings is 6. The van der Waals surface area contributed by atoms with Crippen molar-refractivity contribution in [3.63, 3.8) is 0 Å². The van der Waals surface area contributed by atoms with Crippen LogP contribution >= 0.6 is 0 Å². The number of rotatable bonds is 8. The second-order valence-corrected chi connectivity index (χ2v) is 35.6. The van der Waals surface area contributed by atoms with Crippen LogP contribution in [0.3, 0.4) is 0 Å². The van der Waals surface area contributed by atoms with Crippen molar-refractivity contribution in [1.29, 1.82) is 0 Å². The van der Waals surface area contributed by atoms with Crippen LogP contribution in [0.25, 0.3) is 32.6 Å². The van der Waals surface area contributed by atoms with Gasteiger partial charge in [-0.3, -0.25) is 0 Å². The van der Waals surface area contributed by atoms with Gasteiger partial charge in [0.05, 0.1) is 0 Å². The quantitative estimate of drug-likeness (QED) is 0.134. The molecule has 0 spiro atoms. The van der Waals surface area contributed by atoms with E-state index in [0.29, 0.717) is 7.25 Å². The van der Waals surface area contributed by atoms with E-state index in [2.05, 4.69) is 214 Å². The summed E-state index contributed by atoms with van der Waals surface area (Å²) in [6.07, 6.45) is 2.21. The molecule has 1 heterocycles. The van der Waals surface area contributed by atoms with Crippen molar-refractivity contribution in [2.45, 2.75) is 108 Å². The number of hydrogen-bond acceptors (Lipinski definition) is 0. The van der Waals surface area contributed by atoms with E-state index < -0.39 is 28.3 Å². The molecule has 0 radical (unpaired) electrons. The number of allylic oxidation sites excluding steroid dienone is 2. The first-order valence-corrected chi connectivity index (χ1v) is 32.0. The van der Waals surface area contributed by atoms with Crippen molar-refractivity contribution in [2.24, 2.45) is 0 Å². The van der Waals surface area contributed by atoms with Gasteiger partial charge < -0.3 is 0 Å². The van der Waals surface area contributed by atoms with Gasteiger partial charge in [-0.1, -0.05) is 0 Å². The Kier molecular flexibility index (Phi) is 10.6. The molecule has 6 aromatic rings. The summed E-state index contributed by atoms with van der Waals surface area (Å²) in [5, 5.41) is 3.51. The Labute approximate surface area is 367 Å². The third-order valence-corrected chi connectivity index (χ3v) is 32.5. The first-order valence-electron chi connectivity index (χ1n) is 22.7. The average Bonchev–Trinajstić information content (AvgIpc) is 3.79. The van der Waals surface area contributed by atoms with E-state index in [0.717, 1.165) is 12.8 Å². The van der Waals surface area contributed by atoms with E-state index in [1.54, 1.807) is 43.8 Å². The Morgan fingerprint density at radius 3 is 1.15 bits per heavy atom. The summed E-state index contributed by atoms with van der Waals surface area (Å²) in [6, 6.07) is 57.8. The normalized spacial score (nSPS) is 18.9. The van der Waals surface area contributed by atoms with Crippen LogP contribution in [0.2, 0.25) is 13.1 Å². The summed E-state index contributed by atoms with van der Waals surface area (Å²) in [4.78, 5) is 0. The zero-order valence-corrected chi connectivity index (χ0v) is 41.3. The molecule has 0 amide bonds. The summed E-state index contributed by atoms with van der Waals surface area (Å²) in [5.41, 5.74) is 21.8. The average molecular weight is 880 g/mol. The Morgan fingerprint density at radius 2 is 0.817 bits per heavy atom. The van der Waals surface area contributed by atoms with Gasteiger partial charge in [-0.2, -0.15) is 0 Å². The Hall–Kier alpha value is -4.10. The zero-order chi connectivity index (χ0) is 42.2. The Morgan fingerprint density at radius 1 is 0.450 bits per heavy atom. The fourth-order valence-corrected chi connectivity index (χ4v) is 34.6. The van der Waals surface area contributed by atoms with E-state index in [1.165, 1.54) is 52.8 Å². The fraction of sp³-hybridized carbons (Fsp3) is 0.310. The van der Waals surface area contributed by atoms with Gasteiger partial charge in [0.25, 0.3) is 0 Å². The molecule has 0 fully saturated rings. The molecule has 0 nitrogen and oxygen atoms in total. The molecule has 4 bridgehead atoms. The third kappa shape index (κ3) is 6.71. The first kappa shape index (κ1) is 41.3. The van der Waals surface area contributed by atoms with Gasteiger partial charge in [0.15, 0.2) is 0 Å². The zero-order valence-electron chi connectivity index (χ0n) is 37.8. The molecule has 9 rings (SSSR count). The molecule has 0 N–H and O–H groups in total. The predicted octanol–water partition coefficient (Wildman–Crippen LogP) is 16.1. The molecule has 60 heavy (non-hydrogen) atoms. The van der Waals surface area contributed by atoms with Crippen LogP contribution < -0.4 is 0 Å². The molecule has 2 aliphatic carbocycles. The molecule has 6 aromatic carbocycles. The minimum absolute atomic E-state index is 0.111. The minimum atomic E-state index is -3.79. The van der Waals surface area contributed by atoms with Gasteiger partial charge in [-0.25, -0.2) is 0 Å². The maximum absolute atomic E-state index is 3.79. The van der Waals surface area contributed by atoms with Gasteiger partial charge in [-0.15, -0.1) is 0 Å². The Balaban J connectivity index is 1.40. The summed E-state index contributed by atoms with van der Waals surface area (Å²) in [5.74, 6) is 0. The second kappa shape index (κ2) is 15.4. The first-order chi connectivity index (χ1) is 28.7. The van der Waals surface area contributed by atoms with Crippen molar-refractivity contribution < 1.29 is 20.3 Å². The summed E-state index contributed by atoms with van der Waals surface area (Å²) in [6.45, 7) is 24.5. The van der Waals surface area contributed by atoms with Crippen LogP contribution in [0.1, 0.15) is 120 Å². The van der Waals surface area contributed by atoms with E-state index in [4.69, 9.17) is 0 Å². The van der Waals surface area contributed by atoms with E-state index in [1.807, 2.05) is 0 Å². The third-order valence-electron chi connectivity index (χ3n) is 14.7. The van der Waals surface area contributed by atoms with Crippen LogP contribution in [-0.2, 0) is 39.4 Å². The van der Waals surface area contributed by atoms with Crippen LogP contribution in [0.4, 0.5) is 0 Å². The molecule has 304 valence electrons. The topological polar surface area (TPSA) is 0 Å². The molecular formula is C58H64SiZr. The van der Waals surface area contributed by atoms with E-state index in [-0.39, 0.29) is 10.8 Å². The molecule has 2 unspecified atom stereocenters. The molecule has 0 saturated heterocycles. The number of fused-ring (bicyclic) bond motifs is 8. The molecular weight excluding hydrogens is 816 g/mol. The molecule has 1 aliphatic heterocycles. The Bertz CT molecular complexity index is 2440. The molecule has 3 aliphatic rings. The number of hydrogen-bond donors (Lipinski definition) is 0. The standard InChI is InChI=1S/C44H50Si.2C7H7.Zr/c1-11-29-27-33-15-13-17-37(31-19-23-35(24-20-31)43(3,4)5)39(33)41(29)45(9,10)42-30(12-2)28-34-16-14-18-38(40(34)42)32-21-25-36(26-22-32)44(6,7)8;2*1-7-5-3-2-4-6-7;/h13-28H,11-12H2,1-10H3;2*2-6H,1H2;. The van der Waals surface area contributed by atoms with Gasteiger partial charge in [0.2, 0.25) is 0 Å². The SMILES string of the molecule is CCC1=C2c3c(-c4ccc(C(C)(C)C)cc4)cccc3[CH]1[Zr]([CH2]c1ccccc1)([CH2]c1ccccc1)[CH]1C(CC)=C(c3c(-c4ccc(C(C)(C)C)cc4)cccc31)[Si]2(C)C. The van der Waals surface area contributed by atoms with Crippen LogP contribution in [-0.4, -0.2) is 8.07 Å². The van der Waals surface area contributed by atoms with Crippen LogP contribution in [0.15, 0.2) is 157 Å². The molecule has 0 aromatic heterocycles. The van der Waals surface area contributed by atoms with Crippen LogP contribution in [0, 0.1) is 0 Å². The van der Waals surface area contributed by atoms with Crippen molar-refractivity contribution in [3.05, 3.63) is 201 Å². The van der Waals surface area contributed by atoms with Gasteiger partial charge >= 0.3 is 370 Å². The van der Waals surface area contributed by atoms with Crippen LogP contribution in [0.5, 0.6) is 0 Å². The molecule has 2 heteroatoms. The predicted molar refractivity (Wildman–Crippen MR) is 259 cm³/mol. The summed E-state index contributed by atoms with van der Waals surface area (Å²) >= 11 is -3.79. The molecule has 2 atom stereocenters. The summed E-state index contributed by atoms with van der Waals surface area (Å²) < 4.78 is 3.37. The monoisotopic (exact) mass is 878 g/mol. The second-order valence-electron chi connectivity index (χ2n) is 20.8. The van der Waals surface area contributed by atoms with Gasteiger partial charge in [-0.05, 0) is 0 Å². The fourth-order valence-electron chi connectivity index (χ4n) is 12.2. The van der Waals surface area contributed by atoms with Gasteiger partial charge in [0.1, 0.15) is 0 Å². The van der Waals surface area contributed by atoms with Crippen molar-refractivity contribution in [2.75, 3.05) is 0 Å². The van der Waals surface area contributed by atoms with E-state index in [9.17, 15) is 0 Å². The van der Waals surface area contributed by atoms with Gasteiger partial charge in [0, 0.05) is 0 Å². The molecule has 0 saturated carbocycles. The summed E-state index contributed by atoms with van der Waals surface area (Å²) in [7, 11) is -2.38. The maximum atomic E-state index is 2.75. The van der Waals surface area contributed by atoms with Crippen molar-refractivity contribution >= 4 is 18.5 Å². The van der Waals surface area contributed by atoms with Crippen molar-refractivity contribution in [3.8, 4) is 22.3 Å².